The van der Waals surface area contributed by atoms with Crippen molar-refractivity contribution in [2.45, 2.75) is 10.3 Å². The predicted octanol–water partition coefficient (Wildman–Crippen LogP) is 1.13. The molecule has 0 fully saturated rings. The molecule has 62 valence electrons. The molecule has 3 nitrogen and oxygen atoms in total. The number of aldehydes is 1. The predicted molar refractivity (Wildman–Crippen MR) is 47.9 cm³/mol. The van der Waals surface area contributed by atoms with E-state index in [1.807, 2.05) is 0 Å². The highest BCUT2D eigenvalue weighted by Gasteiger charge is 2.31. The second kappa shape index (κ2) is 2.69. The van der Waals surface area contributed by atoms with Gasteiger partial charge >= 0.3 is 0 Å². The monoisotopic (exact) mass is 199 g/mol. The maximum Gasteiger partial charge on any atom is 0.192 e. The summed E-state index contributed by atoms with van der Waals surface area (Å²) in [6.45, 7) is 0. The van der Waals surface area contributed by atoms with E-state index in [9.17, 15) is 9.59 Å². The van der Waals surface area contributed by atoms with Crippen molar-refractivity contribution in [3.05, 3.63) is 15.8 Å². The van der Waals surface area contributed by atoms with Crippen LogP contribution in [-0.4, -0.2) is 17.4 Å². The molecule has 12 heavy (non-hydrogen) atoms. The van der Waals surface area contributed by atoms with Crippen LogP contribution < -0.4 is 5.73 Å². The van der Waals surface area contributed by atoms with Crippen molar-refractivity contribution in [2.75, 3.05) is 0 Å². The number of nitrogens with two attached hydrogens (primary N) is 1. The van der Waals surface area contributed by atoms with Gasteiger partial charge in [0.25, 0.3) is 0 Å². The quantitative estimate of drug-likeness (QED) is 0.689. The SMILES string of the molecule is NC1Sc2c(csc2C=O)C1=O. The van der Waals surface area contributed by atoms with Crippen molar-refractivity contribution in [1.82, 2.24) is 0 Å². The van der Waals surface area contributed by atoms with Gasteiger partial charge < -0.3 is 5.73 Å². The molecule has 0 radical (unpaired) electrons. The fraction of sp³-hybridized carbons (Fsp3) is 0.143. The third-order valence-corrected chi connectivity index (χ3v) is 3.83. The number of rotatable bonds is 1. The Balaban J connectivity index is 2.55. The largest absolute Gasteiger partial charge is 0.313 e. The normalized spacial score (nSPS) is 21.1. The van der Waals surface area contributed by atoms with E-state index < -0.39 is 5.37 Å². The van der Waals surface area contributed by atoms with Gasteiger partial charge in [0.2, 0.25) is 0 Å². The molecule has 1 aliphatic heterocycles. The molecule has 0 amide bonds. The van der Waals surface area contributed by atoms with Crippen molar-refractivity contribution < 1.29 is 9.59 Å². The van der Waals surface area contributed by atoms with E-state index in [4.69, 9.17) is 5.73 Å². The molecular formula is C7H5NO2S2. The zero-order valence-electron chi connectivity index (χ0n) is 5.94. The number of carbonyl (C=O) groups is 2. The van der Waals surface area contributed by atoms with Crippen LogP contribution >= 0.6 is 23.1 Å². The molecule has 1 aromatic heterocycles. The number of thioether (sulfide) groups is 1. The third-order valence-electron chi connectivity index (χ3n) is 1.65. The first-order valence-corrected chi connectivity index (χ1v) is 5.03. The maximum absolute atomic E-state index is 11.3. The molecule has 0 saturated heterocycles. The Morgan fingerprint density at radius 3 is 3.00 bits per heavy atom. The summed E-state index contributed by atoms with van der Waals surface area (Å²) in [6, 6.07) is 0. The number of carbonyl (C=O) groups excluding carboxylic acids is 2. The lowest BCUT2D eigenvalue weighted by Crippen LogP contribution is -2.21. The van der Waals surface area contributed by atoms with E-state index in [0.717, 1.165) is 11.2 Å². The van der Waals surface area contributed by atoms with E-state index in [1.165, 1.54) is 23.1 Å². The van der Waals surface area contributed by atoms with Crippen molar-refractivity contribution in [3.8, 4) is 0 Å². The first kappa shape index (κ1) is 7.97. The summed E-state index contributed by atoms with van der Waals surface area (Å²) in [6.07, 6.45) is 0.766. The van der Waals surface area contributed by atoms with Crippen LogP contribution in [0.3, 0.4) is 0 Å². The Morgan fingerprint density at radius 2 is 2.33 bits per heavy atom. The fourth-order valence-electron chi connectivity index (χ4n) is 1.07. The van der Waals surface area contributed by atoms with Gasteiger partial charge in [0.1, 0.15) is 5.37 Å². The molecule has 0 saturated carbocycles. The van der Waals surface area contributed by atoms with E-state index in [-0.39, 0.29) is 5.78 Å². The standard InChI is InChI=1S/C7H5NO2S2/c8-7-5(10)3-2-11-4(1-9)6(3)12-7/h1-2,7H,8H2. The zero-order valence-corrected chi connectivity index (χ0v) is 7.58. The average molecular weight is 199 g/mol. The van der Waals surface area contributed by atoms with Crippen LogP contribution in [0.2, 0.25) is 0 Å². The third kappa shape index (κ3) is 0.939. The van der Waals surface area contributed by atoms with E-state index in [0.29, 0.717) is 10.4 Å². The minimum absolute atomic E-state index is 0.0700. The second-order valence-corrected chi connectivity index (χ2v) is 4.43. The molecule has 0 aliphatic carbocycles. The molecule has 1 aliphatic rings. The zero-order chi connectivity index (χ0) is 8.72. The van der Waals surface area contributed by atoms with Crippen molar-refractivity contribution in [2.24, 2.45) is 5.73 Å². The van der Waals surface area contributed by atoms with Crippen LogP contribution in [0, 0.1) is 0 Å². The molecule has 0 bridgehead atoms. The smallest absolute Gasteiger partial charge is 0.192 e. The van der Waals surface area contributed by atoms with Crippen LogP contribution in [0.1, 0.15) is 20.0 Å². The minimum atomic E-state index is -0.512. The van der Waals surface area contributed by atoms with Crippen LogP contribution in [0.25, 0.3) is 0 Å². The fourth-order valence-corrected chi connectivity index (χ4v) is 3.12. The van der Waals surface area contributed by atoms with Crippen LogP contribution in [0.4, 0.5) is 0 Å². The molecule has 2 heterocycles. The molecule has 1 unspecified atom stereocenters. The lowest BCUT2D eigenvalue weighted by molar-refractivity contribution is 0.0993. The molecule has 2 rings (SSSR count). The number of hydrogen-bond donors (Lipinski definition) is 1. The van der Waals surface area contributed by atoms with Gasteiger partial charge in [-0.15, -0.1) is 11.3 Å². The highest BCUT2D eigenvalue weighted by molar-refractivity contribution is 8.01. The summed E-state index contributed by atoms with van der Waals surface area (Å²) in [5.74, 6) is -0.0700. The Morgan fingerprint density at radius 1 is 1.58 bits per heavy atom. The van der Waals surface area contributed by atoms with Gasteiger partial charge in [0, 0.05) is 15.8 Å². The Bertz CT molecular complexity index is 358. The Kier molecular flexibility index (Phi) is 1.79. The van der Waals surface area contributed by atoms with Crippen LogP contribution in [0.5, 0.6) is 0 Å². The molecular weight excluding hydrogens is 194 g/mol. The summed E-state index contributed by atoms with van der Waals surface area (Å²) < 4.78 is 0. The lowest BCUT2D eigenvalue weighted by Gasteiger charge is -1.95. The van der Waals surface area contributed by atoms with Gasteiger partial charge in [-0.1, -0.05) is 11.8 Å². The number of thiophene rings is 1. The summed E-state index contributed by atoms with van der Waals surface area (Å²) >= 11 is 2.56. The molecule has 0 aromatic carbocycles. The number of hydrogen-bond acceptors (Lipinski definition) is 5. The van der Waals surface area contributed by atoms with E-state index in [2.05, 4.69) is 0 Å². The molecule has 5 heteroatoms. The lowest BCUT2D eigenvalue weighted by atomic mass is 10.2. The van der Waals surface area contributed by atoms with Gasteiger partial charge in [-0.05, 0) is 0 Å². The summed E-state index contributed by atoms with van der Waals surface area (Å²) in [5.41, 5.74) is 6.11. The summed E-state index contributed by atoms with van der Waals surface area (Å²) in [5, 5.41) is 1.18. The average Bonchev–Trinajstić information content (AvgIpc) is 2.55. The minimum Gasteiger partial charge on any atom is -0.313 e. The first-order valence-electron chi connectivity index (χ1n) is 3.27. The van der Waals surface area contributed by atoms with Crippen molar-refractivity contribution >= 4 is 35.2 Å². The van der Waals surface area contributed by atoms with Gasteiger partial charge in [-0.2, -0.15) is 0 Å². The summed E-state index contributed by atoms with van der Waals surface area (Å²) in [7, 11) is 0. The van der Waals surface area contributed by atoms with Crippen molar-refractivity contribution in [3.63, 3.8) is 0 Å². The maximum atomic E-state index is 11.3. The highest BCUT2D eigenvalue weighted by atomic mass is 32.2. The Labute approximate surface area is 76.9 Å². The number of Topliss-reactive ketones (excluding diaryl/α,β-unsaturated/α-hetero) is 1. The van der Waals surface area contributed by atoms with E-state index in [1.54, 1.807) is 5.38 Å². The first-order chi connectivity index (χ1) is 5.74. The van der Waals surface area contributed by atoms with Gasteiger partial charge in [-0.3, -0.25) is 9.59 Å². The molecule has 2 N–H and O–H groups in total. The highest BCUT2D eigenvalue weighted by Crippen LogP contribution is 2.39. The second-order valence-electron chi connectivity index (χ2n) is 2.36. The number of ketones is 1. The van der Waals surface area contributed by atoms with Gasteiger partial charge in [-0.25, -0.2) is 0 Å². The van der Waals surface area contributed by atoms with Gasteiger partial charge in [0.05, 0.1) is 4.88 Å². The van der Waals surface area contributed by atoms with Crippen LogP contribution in [0.15, 0.2) is 10.3 Å². The Hall–Kier alpha value is -0.650. The molecule has 0 spiro atoms. The van der Waals surface area contributed by atoms with Crippen LogP contribution in [-0.2, 0) is 0 Å². The van der Waals surface area contributed by atoms with Crippen molar-refractivity contribution in [1.29, 1.82) is 0 Å². The topological polar surface area (TPSA) is 60.2 Å². The van der Waals surface area contributed by atoms with Gasteiger partial charge in [0.15, 0.2) is 12.1 Å². The number of fused-ring (bicyclic) bond motifs is 1. The van der Waals surface area contributed by atoms with E-state index >= 15 is 0 Å². The molecule has 1 aromatic rings. The molecule has 1 atom stereocenters. The summed E-state index contributed by atoms with van der Waals surface area (Å²) in [4.78, 5) is 23.1.